The van der Waals surface area contributed by atoms with Gasteiger partial charge in [-0.1, -0.05) is 30.6 Å². The quantitative estimate of drug-likeness (QED) is 0.471. The Morgan fingerprint density at radius 1 is 1.28 bits per heavy atom. The van der Waals surface area contributed by atoms with Crippen molar-refractivity contribution in [3.63, 3.8) is 0 Å². The highest BCUT2D eigenvalue weighted by atomic mass is 16.3. The Morgan fingerprint density at radius 3 is 2.79 bits per heavy atom. The van der Waals surface area contributed by atoms with Crippen LogP contribution in [0.15, 0.2) is 48.7 Å². The molecule has 1 atom stereocenters. The summed E-state index contributed by atoms with van der Waals surface area (Å²) in [5, 5.41) is 10.5. The number of hydrogen-bond donors (Lipinski definition) is 2. The smallest absolute Gasteiger partial charge is 0.271 e. The molecule has 1 aromatic carbocycles. The van der Waals surface area contributed by atoms with Gasteiger partial charge in [0.25, 0.3) is 5.91 Å². The summed E-state index contributed by atoms with van der Waals surface area (Å²) in [4.78, 5) is 26.1. The molecule has 140 valence electrons. The number of nitrogens with two attached hydrogens (primary N) is 1. The zero-order chi connectivity index (χ0) is 20.8. The highest BCUT2D eigenvalue weighted by Crippen LogP contribution is 2.29. The number of anilines is 1. The van der Waals surface area contributed by atoms with Crippen LogP contribution in [0.1, 0.15) is 12.0 Å². The van der Waals surface area contributed by atoms with Crippen LogP contribution < -0.4 is 11.5 Å². The van der Waals surface area contributed by atoms with Gasteiger partial charge in [0, 0.05) is 30.3 Å². The molecule has 0 aliphatic carbocycles. The summed E-state index contributed by atoms with van der Waals surface area (Å²) in [6.07, 6.45) is 0.0870. The summed E-state index contributed by atoms with van der Waals surface area (Å²) in [5.74, 6) is 5.30. The van der Waals surface area contributed by atoms with E-state index in [1.807, 2.05) is 18.2 Å². The van der Waals surface area contributed by atoms with Crippen LogP contribution in [0.3, 0.4) is 0 Å². The minimum atomic E-state index is -1.76. The van der Waals surface area contributed by atoms with E-state index in [4.69, 9.17) is 13.6 Å². The SMILES string of the molecule is [B]c1nc(N)c2nc(-c3cccc(C#C[C@]4(O)CC(=C)N(C)C4=O)c3)ccc2n1. The standard InChI is InChI=1S/C21H16BN5O2/c1-12-11-21(29,19(28)27(12)2)9-8-13-4-3-5-14(10-13)15-6-7-16-17(24-15)18(23)26-20(22)25-16/h3-7,10,29H,1,11H2,2H3,(H2,23,25,26)/t21-/m0/s1. The number of benzene rings is 1. The Morgan fingerprint density at radius 2 is 2.07 bits per heavy atom. The number of hydrogen-bond acceptors (Lipinski definition) is 6. The van der Waals surface area contributed by atoms with Gasteiger partial charge in [-0.25, -0.2) is 15.0 Å². The lowest BCUT2D eigenvalue weighted by Crippen LogP contribution is -2.37. The molecule has 0 bridgehead atoms. The van der Waals surface area contributed by atoms with Gasteiger partial charge in [-0.05, 0) is 24.3 Å². The summed E-state index contributed by atoms with van der Waals surface area (Å²) < 4.78 is 0. The normalized spacial score (nSPS) is 18.8. The number of nitrogens with zero attached hydrogens (tertiary/aromatic N) is 4. The predicted molar refractivity (Wildman–Crippen MR) is 111 cm³/mol. The largest absolute Gasteiger partial charge is 0.382 e. The van der Waals surface area contributed by atoms with Gasteiger partial charge in [0.2, 0.25) is 5.60 Å². The molecule has 4 rings (SSSR count). The van der Waals surface area contributed by atoms with Gasteiger partial charge in [-0.2, -0.15) is 0 Å². The minimum Gasteiger partial charge on any atom is -0.382 e. The third kappa shape index (κ3) is 3.32. The van der Waals surface area contributed by atoms with Gasteiger partial charge in [0.15, 0.2) is 13.7 Å². The third-order valence-electron chi connectivity index (χ3n) is 4.75. The molecular formula is C21H16BN5O2. The first-order chi connectivity index (χ1) is 13.8. The average Bonchev–Trinajstić information content (AvgIpc) is 2.89. The maximum atomic E-state index is 12.2. The summed E-state index contributed by atoms with van der Waals surface area (Å²) in [6.45, 7) is 3.77. The van der Waals surface area contributed by atoms with E-state index in [2.05, 4.69) is 33.4 Å². The van der Waals surface area contributed by atoms with Crippen molar-refractivity contribution in [2.45, 2.75) is 12.0 Å². The molecule has 1 amide bonds. The van der Waals surface area contributed by atoms with Crippen LogP contribution in [0.25, 0.3) is 22.3 Å². The number of carbonyl (C=O) groups excluding carboxylic acids is 1. The lowest BCUT2D eigenvalue weighted by Gasteiger charge is -2.12. The van der Waals surface area contributed by atoms with Gasteiger partial charge in [0.05, 0.1) is 16.9 Å². The molecule has 0 saturated carbocycles. The zero-order valence-corrected chi connectivity index (χ0v) is 15.7. The summed E-state index contributed by atoms with van der Waals surface area (Å²) in [6, 6.07) is 10.9. The van der Waals surface area contributed by atoms with Gasteiger partial charge in [0.1, 0.15) is 5.52 Å². The number of nitrogen functional groups attached to an aromatic ring is 1. The van der Waals surface area contributed by atoms with Crippen molar-refractivity contribution in [1.29, 1.82) is 0 Å². The number of likely N-dealkylation sites (tertiary alicyclic amines) is 1. The fourth-order valence-electron chi connectivity index (χ4n) is 3.16. The second-order valence-electron chi connectivity index (χ2n) is 6.83. The number of pyridine rings is 1. The van der Waals surface area contributed by atoms with E-state index in [0.717, 1.165) is 5.56 Å². The van der Waals surface area contributed by atoms with Crippen LogP contribution in [0, 0.1) is 11.8 Å². The van der Waals surface area contributed by atoms with Gasteiger partial charge >= 0.3 is 0 Å². The third-order valence-corrected chi connectivity index (χ3v) is 4.75. The highest BCUT2D eigenvalue weighted by Gasteiger charge is 2.44. The van der Waals surface area contributed by atoms with E-state index >= 15 is 0 Å². The van der Waals surface area contributed by atoms with Crippen LogP contribution in [0.4, 0.5) is 5.82 Å². The predicted octanol–water partition coefficient (Wildman–Crippen LogP) is 0.526. The lowest BCUT2D eigenvalue weighted by atomic mass is 10.0. The van der Waals surface area contributed by atoms with Crippen LogP contribution >= 0.6 is 0 Å². The molecule has 7 nitrogen and oxygen atoms in total. The Kier molecular flexibility index (Phi) is 4.33. The maximum Gasteiger partial charge on any atom is 0.271 e. The first-order valence-corrected chi connectivity index (χ1v) is 8.78. The molecule has 0 unspecified atom stereocenters. The summed E-state index contributed by atoms with van der Waals surface area (Å²) in [5.41, 5.74) is 7.88. The van der Waals surface area contributed by atoms with Crippen molar-refractivity contribution in [2.75, 3.05) is 12.8 Å². The first kappa shape index (κ1) is 18.7. The van der Waals surface area contributed by atoms with Crippen molar-refractivity contribution >= 4 is 36.3 Å². The summed E-state index contributed by atoms with van der Waals surface area (Å²) in [7, 11) is 7.19. The average molecular weight is 381 g/mol. The van der Waals surface area contributed by atoms with Crippen LogP contribution in [-0.4, -0.2) is 51.4 Å². The van der Waals surface area contributed by atoms with Crippen LogP contribution in [-0.2, 0) is 4.79 Å². The van der Waals surface area contributed by atoms with Crippen molar-refractivity contribution in [1.82, 2.24) is 19.9 Å². The fourth-order valence-corrected chi connectivity index (χ4v) is 3.16. The highest BCUT2D eigenvalue weighted by molar-refractivity contribution is 6.29. The molecule has 1 aliphatic heterocycles. The Bertz CT molecular complexity index is 1250. The van der Waals surface area contributed by atoms with E-state index in [0.29, 0.717) is 28.0 Å². The van der Waals surface area contributed by atoms with E-state index in [1.165, 1.54) is 4.90 Å². The van der Waals surface area contributed by atoms with Crippen LogP contribution in [0.5, 0.6) is 0 Å². The molecule has 2 radical (unpaired) electrons. The van der Waals surface area contributed by atoms with Crippen LogP contribution in [0.2, 0.25) is 0 Å². The molecular weight excluding hydrogens is 365 g/mol. The van der Waals surface area contributed by atoms with Crippen molar-refractivity contribution in [3.05, 3.63) is 54.2 Å². The van der Waals surface area contributed by atoms with Gasteiger partial charge < -0.3 is 15.7 Å². The molecule has 1 fully saturated rings. The van der Waals surface area contributed by atoms with Gasteiger partial charge in [-0.15, -0.1) is 0 Å². The number of aliphatic hydroxyl groups is 1. The number of aromatic nitrogens is 3. The second kappa shape index (κ2) is 6.72. The monoisotopic (exact) mass is 381 g/mol. The minimum absolute atomic E-state index is 0.0870. The Labute approximate surface area is 168 Å². The van der Waals surface area contributed by atoms with E-state index in [1.54, 1.807) is 25.2 Å². The molecule has 8 heteroatoms. The molecule has 29 heavy (non-hydrogen) atoms. The lowest BCUT2D eigenvalue weighted by molar-refractivity contribution is -0.137. The number of rotatable bonds is 1. The number of likely N-dealkylation sites (N-methyl/N-ethyl adjacent to an activating group) is 1. The molecule has 3 N–H and O–H groups in total. The summed E-state index contributed by atoms with van der Waals surface area (Å²) >= 11 is 0. The first-order valence-electron chi connectivity index (χ1n) is 8.78. The van der Waals surface area contributed by atoms with E-state index in [-0.39, 0.29) is 18.0 Å². The molecule has 0 spiro atoms. The second-order valence-corrected chi connectivity index (χ2v) is 6.83. The molecule has 1 aliphatic rings. The Balaban J connectivity index is 1.70. The number of amides is 1. The molecule has 3 heterocycles. The fraction of sp³-hybridized carbons (Fsp3) is 0.143. The zero-order valence-electron chi connectivity index (χ0n) is 15.7. The molecule has 2 aromatic heterocycles. The maximum absolute atomic E-state index is 12.2. The van der Waals surface area contributed by atoms with E-state index in [9.17, 15) is 9.90 Å². The molecule has 3 aromatic rings. The van der Waals surface area contributed by atoms with Crippen molar-refractivity contribution < 1.29 is 9.90 Å². The van der Waals surface area contributed by atoms with E-state index < -0.39 is 11.5 Å². The topological polar surface area (TPSA) is 105 Å². The number of carbonyl (C=O) groups is 1. The number of fused-ring (bicyclic) bond motifs is 1. The Hall–Kier alpha value is -3.70. The molecule has 1 saturated heterocycles. The van der Waals surface area contributed by atoms with Crippen molar-refractivity contribution in [2.24, 2.45) is 0 Å². The van der Waals surface area contributed by atoms with Gasteiger partial charge in [-0.3, -0.25) is 4.79 Å². The van der Waals surface area contributed by atoms with Crippen molar-refractivity contribution in [3.8, 4) is 23.1 Å².